The van der Waals surface area contributed by atoms with E-state index in [0.29, 0.717) is 30.4 Å². The lowest BCUT2D eigenvalue weighted by atomic mass is 10.3. The number of amides is 1. The van der Waals surface area contributed by atoms with Crippen LogP contribution in [0.4, 0.5) is 5.82 Å². The fourth-order valence-corrected chi connectivity index (χ4v) is 1.66. The van der Waals surface area contributed by atoms with Gasteiger partial charge in [-0.15, -0.1) is 0 Å². The average Bonchev–Trinajstić information content (AvgIpc) is 2.40. The maximum absolute atomic E-state index is 12.2. The van der Waals surface area contributed by atoms with E-state index in [4.69, 9.17) is 16.9 Å². The highest BCUT2D eigenvalue weighted by Gasteiger charge is 2.18. The Morgan fingerprint density at radius 3 is 2.89 bits per heavy atom. The molecule has 96 valence electrons. The monoisotopic (exact) mass is 266 g/mol. The van der Waals surface area contributed by atoms with Crippen LogP contribution in [0.3, 0.4) is 0 Å². The molecule has 0 bridgehead atoms. The van der Waals surface area contributed by atoms with Crippen LogP contribution in [0.15, 0.2) is 12.1 Å². The van der Waals surface area contributed by atoms with Gasteiger partial charge in [-0.05, 0) is 19.1 Å². The highest BCUT2D eigenvalue weighted by Crippen LogP contribution is 2.18. The molecule has 1 N–H and O–H groups in total. The van der Waals surface area contributed by atoms with E-state index in [2.05, 4.69) is 10.3 Å². The molecule has 0 saturated heterocycles. The van der Waals surface area contributed by atoms with E-state index in [0.717, 1.165) is 0 Å². The molecule has 0 fully saturated rings. The van der Waals surface area contributed by atoms with Gasteiger partial charge in [0.05, 0.1) is 17.5 Å². The molecule has 0 aliphatic carbocycles. The normalized spacial score (nSPS) is 9.67. The zero-order valence-corrected chi connectivity index (χ0v) is 11.2. The van der Waals surface area contributed by atoms with Crippen molar-refractivity contribution in [2.45, 2.75) is 13.3 Å². The summed E-state index contributed by atoms with van der Waals surface area (Å²) in [6, 6.07) is 5.35. The minimum absolute atomic E-state index is 0.211. The lowest BCUT2D eigenvalue weighted by molar-refractivity contribution is 0.0762. The minimum atomic E-state index is -0.255. The van der Waals surface area contributed by atoms with Gasteiger partial charge in [0.2, 0.25) is 0 Å². The van der Waals surface area contributed by atoms with Crippen molar-refractivity contribution in [1.29, 1.82) is 5.26 Å². The Labute approximate surface area is 111 Å². The lowest BCUT2D eigenvalue weighted by Gasteiger charge is -2.19. The molecule has 1 heterocycles. The van der Waals surface area contributed by atoms with Gasteiger partial charge in [0.25, 0.3) is 5.91 Å². The van der Waals surface area contributed by atoms with Crippen LogP contribution in [0.5, 0.6) is 0 Å². The smallest absolute Gasteiger partial charge is 0.274 e. The number of nitrogens with one attached hydrogen (secondary N) is 1. The van der Waals surface area contributed by atoms with Crippen LogP contribution in [0.1, 0.15) is 23.8 Å². The van der Waals surface area contributed by atoms with Crippen LogP contribution in [0.2, 0.25) is 5.02 Å². The van der Waals surface area contributed by atoms with Crippen LogP contribution in [-0.4, -0.2) is 35.9 Å². The second kappa shape index (κ2) is 6.82. The van der Waals surface area contributed by atoms with E-state index in [-0.39, 0.29) is 11.6 Å². The SMILES string of the molecule is CCN(CCC#N)C(=O)c1nc(NC)ccc1Cl. The molecular weight excluding hydrogens is 252 g/mol. The molecule has 0 aliphatic rings. The van der Waals surface area contributed by atoms with Crippen molar-refractivity contribution in [3.63, 3.8) is 0 Å². The number of pyridine rings is 1. The number of halogens is 1. The molecule has 0 aliphatic heterocycles. The fraction of sp³-hybridized carbons (Fsp3) is 0.417. The Morgan fingerprint density at radius 1 is 1.61 bits per heavy atom. The zero-order valence-electron chi connectivity index (χ0n) is 10.4. The highest BCUT2D eigenvalue weighted by atomic mass is 35.5. The summed E-state index contributed by atoms with van der Waals surface area (Å²) in [5.74, 6) is 0.328. The predicted octanol–water partition coefficient (Wildman–Crippen LogP) is 2.15. The number of nitrogens with zero attached hydrogens (tertiary/aromatic N) is 3. The van der Waals surface area contributed by atoms with Gasteiger partial charge in [0.15, 0.2) is 0 Å². The van der Waals surface area contributed by atoms with Crippen LogP contribution in [-0.2, 0) is 0 Å². The first-order valence-corrected chi connectivity index (χ1v) is 6.02. The molecule has 6 heteroatoms. The lowest BCUT2D eigenvalue weighted by Crippen LogP contribution is -2.32. The number of hydrogen-bond donors (Lipinski definition) is 1. The van der Waals surface area contributed by atoms with Gasteiger partial charge in [0, 0.05) is 20.1 Å². The topological polar surface area (TPSA) is 69.0 Å². The second-order valence-corrected chi connectivity index (χ2v) is 3.98. The molecule has 1 rings (SSSR count). The minimum Gasteiger partial charge on any atom is -0.373 e. The molecule has 1 aromatic heterocycles. The van der Waals surface area contributed by atoms with E-state index in [1.807, 2.05) is 13.0 Å². The van der Waals surface area contributed by atoms with E-state index in [9.17, 15) is 4.79 Å². The van der Waals surface area contributed by atoms with Crippen molar-refractivity contribution in [3.8, 4) is 6.07 Å². The first-order chi connectivity index (χ1) is 8.63. The van der Waals surface area contributed by atoms with Crippen molar-refractivity contribution in [2.24, 2.45) is 0 Å². The van der Waals surface area contributed by atoms with E-state index in [1.54, 1.807) is 24.1 Å². The van der Waals surface area contributed by atoms with Crippen LogP contribution in [0, 0.1) is 11.3 Å². The Morgan fingerprint density at radius 2 is 2.33 bits per heavy atom. The Balaban J connectivity index is 2.97. The van der Waals surface area contributed by atoms with Crippen molar-refractivity contribution in [3.05, 3.63) is 22.8 Å². The molecule has 18 heavy (non-hydrogen) atoms. The first-order valence-electron chi connectivity index (χ1n) is 5.64. The van der Waals surface area contributed by atoms with Gasteiger partial charge in [-0.2, -0.15) is 5.26 Å². The maximum atomic E-state index is 12.2. The molecule has 0 radical (unpaired) electrons. The molecule has 0 unspecified atom stereocenters. The van der Waals surface area contributed by atoms with Gasteiger partial charge in [-0.3, -0.25) is 4.79 Å². The highest BCUT2D eigenvalue weighted by molar-refractivity contribution is 6.33. The van der Waals surface area contributed by atoms with Crippen molar-refractivity contribution < 1.29 is 4.79 Å². The van der Waals surface area contributed by atoms with E-state index < -0.39 is 0 Å². The van der Waals surface area contributed by atoms with Crippen molar-refractivity contribution >= 4 is 23.3 Å². The summed E-state index contributed by atoms with van der Waals surface area (Å²) < 4.78 is 0. The summed E-state index contributed by atoms with van der Waals surface area (Å²) in [5, 5.41) is 11.7. The van der Waals surface area contributed by atoms with Crippen LogP contribution in [0.25, 0.3) is 0 Å². The van der Waals surface area contributed by atoms with Gasteiger partial charge >= 0.3 is 0 Å². The third-order valence-corrected chi connectivity index (χ3v) is 2.77. The third kappa shape index (κ3) is 3.34. The Hall–Kier alpha value is -1.80. The first kappa shape index (κ1) is 14.3. The summed E-state index contributed by atoms with van der Waals surface area (Å²) in [6.07, 6.45) is 0.295. The second-order valence-electron chi connectivity index (χ2n) is 3.57. The number of hydrogen-bond acceptors (Lipinski definition) is 4. The average molecular weight is 267 g/mol. The summed E-state index contributed by atoms with van der Waals surface area (Å²) in [4.78, 5) is 17.9. The zero-order chi connectivity index (χ0) is 13.5. The molecular formula is C12H15ClN4O. The quantitative estimate of drug-likeness (QED) is 0.887. The molecule has 0 aromatic carbocycles. The van der Waals surface area contributed by atoms with Gasteiger partial charge in [-0.25, -0.2) is 4.98 Å². The third-order valence-electron chi connectivity index (χ3n) is 2.47. The largest absolute Gasteiger partial charge is 0.373 e. The Bertz CT molecular complexity index is 470. The molecule has 0 saturated carbocycles. The summed E-state index contributed by atoms with van der Waals surface area (Å²) in [6.45, 7) is 2.75. The number of aromatic nitrogens is 1. The van der Waals surface area contributed by atoms with Crippen molar-refractivity contribution in [2.75, 3.05) is 25.5 Å². The number of anilines is 1. The molecule has 5 nitrogen and oxygen atoms in total. The fourth-order valence-electron chi connectivity index (χ4n) is 1.47. The molecule has 0 atom stereocenters. The maximum Gasteiger partial charge on any atom is 0.274 e. The van der Waals surface area contributed by atoms with Gasteiger partial charge < -0.3 is 10.2 Å². The summed E-state index contributed by atoms with van der Waals surface area (Å²) in [5.41, 5.74) is 0.211. The van der Waals surface area contributed by atoms with Crippen LogP contribution < -0.4 is 5.32 Å². The summed E-state index contributed by atoms with van der Waals surface area (Å²) >= 11 is 5.98. The van der Waals surface area contributed by atoms with E-state index >= 15 is 0 Å². The molecule has 1 amide bonds. The standard InChI is InChI=1S/C12H15ClN4O/c1-3-17(8-4-7-14)12(18)11-9(13)5-6-10(15-2)16-11/h5-6H,3-4,8H2,1-2H3,(H,15,16). The van der Waals surface area contributed by atoms with Gasteiger partial charge in [-0.1, -0.05) is 11.6 Å². The number of nitriles is 1. The summed E-state index contributed by atoms with van der Waals surface area (Å²) in [7, 11) is 1.72. The van der Waals surface area contributed by atoms with Crippen molar-refractivity contribution in [1.82, 2.24) is 9.88 Å². The number of rotatable bonds is 5. The molecule has 0 spiro atoms. The number of carbonyl (C=O) groups is 1. The predicted molar refractivity (Wildman–Crippen MR) is 70.6 cm³/mol. The van der Waals surface area contributed by atoms with Gasteiger partial charge in [0.1, 0.15) is 11.5 Å². The molecule has 1 aromatic rings. The Kier molecular flexibility index (Phi) is 5.40. The van der Waals surface area contributed by atoms with E-state index in [1.165, 1.54) is 0 Å². The van der Waals surface area contributed by atoms with Crippen LogP contribution >= 0.6 is 11.6 Å². The number of carbonyl (C=O) groups excluding carboxylic acids is 1.